The molecule has 3 rings (SSSR count). The van der Waals surface area contributed by atoms with Crippen LogP contribution in [0.2, 0.25) is 0 Å². The van der Waals surface area contributed by atoms with Gasteiger partial charge in [-0.1, -0.05) is 0 Å². The van der Waals surface area contributed by atoms with E-state index in [1.54, 1.807) is 10.7 Å². The molecule has 0 aliphatic rings. The van der Waals surface area contributed by atoms with Crippen LogP contribution in [0.5, 0.6) is 0 Å². The van der Waals surface area contributed by atoms with Gasteiger partial charge in [0.25, 0.3) is 5.91 Å². The molecule has 1 N–H and O–H groups in total. The second-order valence-electron chi connectivity index (χ2n) is 5.74. The molecule has 0 bridgehead atoms. The lowest BCUT2D eigenvalue weighted by Gasteiger charge is -2.06. The Labute approximate surface area is 148 Å². The number of anilines is 1. The molecule has 0 aromatic carbocycles. The van der Waals surface area contributed by atoms with E-state index in [1.807, 2.05) is 27.8 Å². The van der Waals surface area contributed by atoms with Gasteiger partial charge in [0.15, 0.2) is 5.65 Å². The van der Waals surface area contributed by atoms with Crippen molar-refractivity contribution < 1.29 is 14.3 Å². The lowest BCUT2D eigenvalue weighted by Crippen LogP contribution is -2.14. The number of pyridine rings is 1. The number of nitrogens with one attached hydrogen (secondary N) is 1. The van der Waals surface area contributed by atoms with Gasteiger partial charge in [0, 0.05) is 23.5 Å². The molecule has 0 spiro atoms. The molecular formula is C17H18N4O3S. The van der Waals surface area contributed by atoms with E-state index >= 15 is 0 Å². The average Bonchev–Trinajstić information content (AvgIpc) is 3.03. The first-order valence-corrected chi connectivity index (χ1v) is 8.44. The number of ether oxygens (including phenoxy) is 1. The maximum absolute atomic E-state index is 12.6. The molecule has 0 atom stereocenters. The lowest BCUT2D eigenvalue weighted by molar-refractivity contribution is 0.0601. The van der Waals surface area contributed by atoms with Gasteiger partial charge < -0.3 is 10.1 Å². The number of carbonyl (C=O) groups is 2. The van der Waals surface area contributed by atoms with Gasteiger partial charge in [-0.05, 0) is 32.4 Å². The van der Waals surface area contributed by atoms with Crippen LogP contribution in [-0.4, -0.2) is 33.8 Å². The van der Waals surface area contributed by atoms with Crippen LogP contribution in [0.15, 0.2) is 12.3 Å². The monoisotopic (exact) mass is 358 g/mol. The Balaban J connectivity index is 1.97. The third kappa shape index (κ3) is 2.89. The number of rotatable bonds is 3. The van der Waals surface area contributed by atoms with Crippen molar-refractivity contribution in [1.29, 1.82) is 0 Å². The summed E-state index contributed by atoms with van der Waals surface area (Å²) in [5.41, 5.74) is 3.13. The largest absolute Gasteiger partial charge is 0.465 e. The first-order chi connectivity index (χ1) is 11.8. The molecule has 7 nitrogen and oxygen atoms in total. The number of thiophene rings is 1. The number of amides is 1. The van der Waals surface area contributed by atoms with Crippen LogP contribution in [0.1, 0.15) is 36.9 Å². The molecule has 0 saturated heterocycles. The number of aryl methyl sites for hydroxylation is 3. The Morgan fingerprint density at radius 2 is 2.00 bits per heavy atom. The van der Waals surface area contributed by atoms with Gasteiger partial charge >= 0.3 is 5.97 Å². The lowest BCUT2D eigenvalue weighted by atomic mass is 10.1. The molecule has 130 valence electrons. The van der Waals surface area contributed by atoms with Gasteiger partial charge in [-0.2, -0.15) is 5.10 Å². The minimum absolute atomic E-state index is 0.330. The number of hydrogen-bond acceptors (Lipinski definition) is 6. The van der Waals surface area contributed by atoms with Crippen LogP contribution in [-0.2, 0) is 11.8 Å². The number of nitrogens with zero attached hydrogens (tertiary/aromatic N) is 3. The van der Waals surface area contributed by atoms with Crippen molar-refractivity contribution >= 4 is 39.2 Å². The van der Waals surface area contributed by atoms with Crippen molar-refractivity contribution in [3.8, 4) is 0 Å². The first-order valence-electron chi connectivity index (χ1n) is 7.62. The molecule has 3 aromatic rings. The summed E-state index contributed by atoms with van der Waals surface area (Å²) in [5, 5.41) is 8.41. The maximum Gasteiger partial charge on any atom is 0.341 e. The van der Waals surface area contributed by atoms with Gasteiger partial charge in [-0.15, -0.1) is 11.3 Å². The van der Waals surface area contributed by atoms with Crippen molar-refractivity contribution in [3.05, 3.63) is 39.5 Å². The quantitative estimate of drug-likeness (QED) is 0.728. The van der Waals surface area contributed by atoms with Crippen LogP contribution in [0.4, 0.5) is 5.00 Å². The summed E-state index contributed by atoms with van der Waals surface area (Å²) < 4.78 is 6.50. The summed E-state index contributed by atoms with van der Waals surface area (Å²) in [6.45, 7) is 5.60. The highest BCUT2D eigenvalue weighted by Gasteiger charge is 2.22. The Kier molecular flexibility index (Phi) is 4.30. The molecule has 0 saturated carbocycles. The molecule has 25 heavy (non-hydrogen) atoms. The van der Waals surface area contributed by atoms with Gasteiger partial charge in [0.1, 0.15) is 5.00 Å². The van der Waals surface area contributed by atoms with E-state index in [0.29, 0.717) is 21.8 Å². The van der Waals surface area contributed by atoms with Gasteiger partial charge in [0.2, 0.25) is 0 Å². The predicted octanol–water partition coefficient (Wildman–Crippen LogP) is 2.99. The first kappa shape index (κ1) is 17.1. The molecule has 8 heteroatoms. The van der Waals surface area contributed by atoms with Crippen molar-refractivity contribution in [1.82, 2.24) is 14.8 Å². The average molecular weight is 358 g/mol. The maximum atomic E-state index is 12.6. The minimum atomic E-state index is -0.464. The summed E-state index contributed by atoms with van der Waals surface area (Å²) >= 11 is 1.35. The Morgan fingerprint density at radius 1 is 1.28 bits per heavy atom. The van der Waals surface area contributed by atoms with E-state index in [-0.39, 0.29) is 5.91 Å². The highest BCUT2D eigenvalue weighted by molar-refractivity contribution is 7.16. The summed E-state index contributed by atoms with van der Waals surface area (Å²) in [4.78, 5) is 29.9. The molecule has 0 aliphatic carbocycles. The standard InChI is InChI=1S/C17H18N4O3S/c1-8-10(3)25-16(13(8)17(23)24-5)19-15(22)11-6-12-9(2)20-21(4)14(12)18-7-11/h6-7H,1-5H3,(H,19,22). The van der Waals surface area contributed by atoms with E-state index in [1.165, 1.54) is 24.6 Å². The number of hydrogen-bond donors (Lipinski definition) is 1. The van der Waals surface area contributed by atoms with Crippen molar-refractivity contribution in [3.63, 3.8) is 0 Å². The van der Waals surface area contributed by atoms with E-state index in [4.69, 9.17) is 4.74 Å². The van der Waals surface area contributed by atoms with Crippen LogP contribution in [0.25, 0.3) is 11.0 Å². The Hall–Kier alpha value is -2.74. The van der Waals surface area contributed by atoms with Crippen molar-refractivity contribution in [2.45, 2.75) is 20.8 Å². The van der Waals surface area contributed by atoms with E-state index in [2.05, 4.69) is 15.4 Å². The normalized spacial score (nSPS) is 10.9. The zero-order valence-corrected chi connectivity index (χ0v) is 15.4. The third-order valence-corrected chi connectivity index (χ3v) is 5.25. The van der Waals surface area contributed by atoms with Crippen LogP contribution in [0.3, 0.4) is 0 Å². The molecular weight excluding hydrogens is 340 g/mol. The molecule has 1 amide bonds. The molecule has 0 unspecified atom stereocenters. The van der Waals surface area contributed by atoms with Gasteiger partial charge in [-0.25, -0.2) is 9.78 Å². The van der Waals surface area contributed by atoms with Crippen LogP contribution < -0.4 is 5.32 Å². The fourth-order valence-corrected chi connectivity index (χ4v) is 3.71. The zero-order chi connectivity index (χ0) is 18.3. The summed E-state index contributed by atoms with van der Waals surface area (Å²) in [5.74, 6) is -0.794. The van der Waals surface area contributed by atoms with E-state index in [0.717, 1.165) is 21.5 Å². The summed E-state index contributed by atoms with van der Waals surface area (Å²) in [6.07, 6.45) is 1.50. The van der Waals surface area contributed by atoms with E-state index < -0.39 is 5.97 Å². The van der Waals surface area contributed by atoms with Gasteiger partial charge in [0.05, 0.1) is 23.9 Å². The fourth-order valence-electron chi connectivity index (χ4n) is 2.67. The third-order valence-electron chi connectivity index (χ3n) is 4.13. The second-order valence-corrected chi connectivity index (χ2v) is 6.96. The zero-order valence-electron chi connectivity index (χ0n) is 14.6. The SMILES string of the molecule is COC(=O)c1c(NC(=O)c2cnc3c(c2)c(C)nn3C)sc(C)c1C. The second kappa shape index (κ2) is 6.29. The van der Waals surface area contributed by atoms with E-state index in [9.17, 15) is 9.59 Å². The van der Waals surface area contributed by atoms with Gasteiger partial charge in [-0.3, -0.25) is 9.48 Å². The summed E-state index contributed by atoms with van der Waals surface area (Å²) in [6, 6.07) is 1.76. The van der Waals surface area contributed by atoms with Crippen LogP contribution >= 0.6 is 11.3 Å². The Morgan fingerprint density at radius 3 is 2.68 bits per heavy atom. The number of esters is 1. The highest BCUT2D eigenvalue weighted by Crippen LogP contribution is 2.33. The molecule has 0 fully saturated rings. The molecule has 0 radical (unpaired) electrons. The number of carbonyl (C=O) groups excluding carboxylic acids is 2. The highest BCUT2D eigenvalue weighted by atomic mass is 32.1. The van der Waals surface area contributed by atoms with Crippen molar-refractivity contribution in [2.24, 2.45) is 7.05 Å². The topological polar surface area (TPSA) is 86.1 Å². The predicted molar refractivity (Wildman–Crippen MR) is 96.3 cm³/mol. The minimum Gasteiger partial charge on any atom is -0.465 e. The molecule has 0 aliphatic heterocycles. The van der Waals surface area contributed by atoms with Crippen LogP contribution in [0, 0.1) is 20.8 Å². The molecule has 3 heterocycles. The fraction of sp³-hybridized carbons (Fsp3) is 0.294. The summed E-state index contributed by atoms with van der Waals surface area (Å²) in [7, 11) is 3.13. The van der Waals surface area contributed by atoms with Crippen molar-refractivity contribution in [2.75, 3.05) is 12.4 Å². The Bertz CT molecular complexity index is 1000. The number of fused-ring (bicyclic) bond motifs is 1. The number of aromatic nitrogens is 3. The smallest absolute Gasteiger partial charge is 0.341 e. The molecule has 3 aromatic heterocycles. The number of methoxy groups -OCH3 is 1.